The number of aromatic hydroxyl groups is 1. The molecule has 0 saturated carbocycles. The summed E-state index contributed by atoms with van der Waals surface area (Å²) in [5.41, 5.74) is 4.99. The first kappa shape index (κ1) is 19.8. The van der Waals surface area contributed by atoms with E-state index in [2.05, 4.69) is 23.7 Å². The van der Waals surface area contributed by atoms with Crippen LogP contribution in [0.3, 0.4) is 0 Å². The Labute approximate surface area is 166 Å². The maximum absolute atomic E-state index is 12.7. The molecule has 1 amide bonds. The van der Waals surface area contributed by atoms with Crippen molar-refractivity contribution in [1.29, 1.82) is 5.26 Å². The molecule has 1 aliphatic rings. The second-order valence-electron chi connectivity index (χ2n) is 7.91. The Kier molecular flexibility index (Phi) is 5.60. The van der Waals surface area contributed by atoms with Crippen LogP contribution in [0, 0.1) is 31.1 Å². The highest BCUT2D eigenvalue weighted by Crippen LogP contribution is 2.36. The van der Waals surface area contributed by atoms with Crippen LogP contribution in [-0.2, 0) is 17.8 Å². The third-order valence-electron chi connectivity index (χ3n) is 5.38. The van der Waals surface area contributed by atoms with E-state index in [1.165, 1.54) is 0 Å². The Morgan fingerprint density at radius 3 is 2.86 bits per heavy atom. The maximum Gasteiger partial charge on any atom is 0.262 e. The number of amides is 1. The first-order valence-electron chi connectivity index (χ1n) is 9.72. The van der Waals surface area contributed by atoms with Crippen LogP contribution in [0.2, 0.25) is 0 Å². The van der Waals surface area contributed by atoms with E-state index in [1.807, 2.05) is 32.0 Å². The number of rotatable bonds is 5. The average Bonchev–Trinajstić information content (AvgIpc) is 3.16. The van der Waals surface area contributed by atoms with Crippen LogP contribution >= 0.6 is 0 Å². The van der Waals surface area contributed by atoms with Crippen molar-refractivity contribution in [2.24, 2.45) is 5.92 Å². The molecule has 0 fully saturated rings. The van der Waals surface area contributed by atoms with Gasteiger partial charge in [-0.1, -0.05) is 26.0 Å². The fourth-order valence-corrected chi connectivity index (χ4v) is 3.95. The van der Waals surface area contributed by atoms with Crippen molar-refractivity contribution in [3.8, 4) is 11.8 Å². The van der Waals surface area contributed by atoms with Crippen molar-refractivity contribution in [1.82, 2.24) is 9.88 Å². The second-order valence-corrected chi connectivity index (χ2v) is 7.91. The Hall–Kier alpha value is -3.00. The molecule has 5 heteroatoms. The van der Waals surface area contributed by atoms with Gasteiger partial charge in [-0.2, -0.15) is 5.26 Å². The van der Waals surface area contributed by atoms with Crippen LogP contribution in [-0.4, -0.2) is 15.6 Å². The van der Waals surface area contributed by atoms with Gasteiger partial charge in [0.05, 0.1) is 6.04 Å². The SMILES string of the molecule is Cc1cc(/C=C(/C#N)C(=O)NC2CCc3c(O)cccc32)c(C)n1CC(C)C. The van der Waals surface area contributed by atoms with Gasteiger partial charge in [0.2, 0.25) is 0 Å². The number of phenols is 1. The number of nitrogens with one attached hydrogen (secondary N) is 1. The van der Waals surface area contributed by atoms with E-state index in [-0.39, 0.29) is 23.3 Å². The Morgan fingerprint density at radius 1 is 1.43 bits per heavy atom. The number of aryl methyl sites for hydroxylation is 1. The molecule has 1 unspecified atom stereocenters. The topological polar surface area (TPSA) is 78.1 Å². The standard InChI is InChI=1S/C23H27N3O2/c1-14(2)13-26-15(3)10-17(16(26)4)11-18(12-24)23(28)25-21-9-8-20-19(21)6-5-7-22(20)27/h5-7,10-11,14,21,27H,8-9,13H2,1-4H3,(H,25,28)/b18-11-. The lowest BCUT2D eigenvalue weighted by atomic mass is 10.1. The first-order valence-corrected chi connectivity index (χ1v) is 9.72. The summed E-state index contributed by atoms with van der Waals surface area (Å²) in [5.74, 6) is 0.402. The Morgan fingerprint density at radius 2 is 2.18 bits per heavy atom. The van der Waals surface area contributed by atoms with Crippen molar-refractivity contribution in [3.63, 3.8) is 0 Å². The molecule has 2 N–H and O–H groups in total. The van der Waals surface area contributed by atoms with Crippen LogP contribution in [0.15, 0.2) is 29.8 Å². The van der Waals surface area contributed by atoms with E-state index in [1.54, 1.807) is 18.2 Å². The molecule has 2 aromatic rings. The first-order chi connectivity index (χ1) is 13.3. The second kappa shape index (κ2) is 7.93. The summed E-state index contributed by atoms with van der Waals surface area (Å²) in [6.07, 6.45) is 3.11. The van der Waals surface area contributed by atoms with Crippen LogP contribution in [0.25, 0.3) is 6.08 Å². The number of nitrogens with zero attached hydrogens (tertiary/aromatic N) is 2. The minimum absolute atomic E-state index is 0.0957. The molecule has 0 aliphatic heterocycles. The number of benzene rings is 1. The summed E-state index contributed by atoms with van der Waals surface area (Å²) in [7, 11) is 0. The number of hydrogen-bond donors (Lipinski definition) is 2. The molecule has 0 bridgehead atoms. The van der Waals surface area contributed by atoms with Gasteiger partial charge in [-0.25, -0.2) is 0 Å². The monoisotopic (exact) mass is 377 g/mol. The van der Waals surface area contributed by atoms with E-state index in [9.17, 15) is 15.2 Å². The number of carbonyl (C=O) groups excluding carboxylic acids is 1. The smallest absolute Gasteiger partial charge is 0.262 e. The Bertz CT molecular complexity index is 976. The molecule has 28 heavy (non-hydrogen) atoms. The highest BCUT2D eigenvalue weighted by molar-refractivity contribution is 6.02. The van der Waals surface area contributed by atoms with Gasteiger partial charge in [0, 0.05) is 17.9 Å². The fourth-order valence-electron chi connectivity index (χ4n) is 3.95. The predicted molar refractivity (Wildman–Crippen MR) is 110 cm³/mol. The maximum atomic E-state index is 12.7. The largest absolute Gasteiger partial charge is 0.508 e. The fraction of sp³-hybridized carbons (Fsp3) is 0.391. The average molecular weight is 377 g/mol. The van der Waals surface area contributed by atoms with Crippen molar-refractivity contribution < 1.29 is 9.90 Å². The van der Waals surface area contributed by atoms with Gasteiger partial charge in [-0.05, 0) is 67.5 Å². The summed E-state index contributed by atoms with van der Waals surface area (Å²) in [4.78, 5) is 12.7. The molecule has 1 aromatic heterocycles. The molecule has 1 aromatic carbocycles. The van der Waals surface area contributed by atoms with Gasteiger partial charge in [-0.15, -0.1) is 0 Å². The third kappa shape index (κ3) is 3.82. The van der Waals surface area contributed by atoms with Crippen LogP contribution in [0.1, 0.15) is 54.4 Å². The molecule has 146 valence electrons. The molecular formula is C23H27N3O2. The van der Waals surface area contributed by atoms with Crippen LogP contribution in [0.5, 0.6) is 5.75 Å². The summed E-state index contributed by atoms with van der Waals surface area (Å²) in [6.45, 7) is 9.30. The third-order valence-corrected chi connectivity index (χ3v) is 5.38. The van der Waals surface area contributed by atoms with Crippen LogP contribution < -0.4 is 5.32 Å². The number of phenolic OH excluding ortho intramolecular Hbond substituents is 1. The van der Waals surface area contributed by atoms with E-state index in [0.717, 1.165) is 47.5 Å². The molecule has 1 aliphatic carbocycles. The van der Waals surface area contributed by atoms with Gasteiger partial charge >= 0.3 is 0 Å². The van der Waals surface area contributed by atoms with Gasteiger partial charge < -0.3 is 15.0 Å². The zero-order chi connectivity index (χ0) is 20.4. The van der Waals surface area contributed by atoms with Gasteiger partial charge in [0.15, 0.2) is 0 Å². The van der Waals surface area contributed by atoms with Gasteiger partial charge in [-0.3, -0.25) is 4.79 Å². The minimum Gasteiger partial charge on any atom is -0.508 e. The number of nitriles is 1. The summed E-state index contributed by atoms with van der Waals surface area (Å²) in [5, 5.41) is 22.5. The summed E-state index contributed by atoms with van der Waals surface area (Å²) < 4.78 is 2.22. The molecular weight excluding hydrogens is 350 g/mol. The molecule has 1 heterocycles. The molecule has 0 saturated heterocycles. The zero-order valence-electron chi connectivity index (χ0n) is 16.9. The lowest BCUT2D eigenvalue weighted by Crippen LogP contribution is -2.28. The lowest BCUT2D eigenvalue weighted by molar-refractivity contribution is -0.117. The number of fused-ring (bicyclic) bond motifs is 1. The molecule has 0 spiro atoms. The molecule has 3 rings (SSSR count). The summed E-state index contributed by atoms with van der Waals surface area (Å²) >= 11 is 0. The van der Waals surface area contributed by atoms with Gasteiger partial charge in [0.1, 0.15) is 17.4 Å². The van der Waals surface area contributed by atoms with Crippen molar-refractivity contribution >= 4 is 12.0 Å². The highest BCUT2D eigenvalue weighted by atomic mass is 16.3. The minimum atomic E-state index is -0.377. The highest BCUT2D eigenvalue weighted by Gasteiger charge is 2.27. The number of hydrogen-bond acceptors (Lipinski definition) is 3. The predicted octanol–water partition coefficient (Wildman–Crippen LogP) is 4.18. The van der Waals surface area contributed by atoms with E-state index < -0.39 is 0 Å². The van der Waals surface area contributed by atoms with Crippen molar-refractivity contribution in [2.75, 3.05) is 0 Å². The lowest BCUT2D eigenvalue weighted by Gasteiger charge is -2.14. The van der Waals surface area contributed by atoms with Gasteiger partial charge in [0.25, 0.3) is 5.91 Å². The van der Waals surface area contributed by atoms with E-state index in [0.29, 0.717) is 5.92 Å². The zero-order valence-corrected chi connectivity index (χ0v) is 16.9. The normalized spacial score (nSPS) is 16.1. The van der Waals surface area contributed by atoms with E-state index in [4.69, 9.17) is 0 Å². The Balaban J connectivity index is 1.82. The van der Waals surface area contributed by atoms with E-state index >= 15 is 0 Å². The number of aromatic nitrogens is 1. The van der Waals surface area contributed by atoms with Crippen molar-refractivity contribution in [2.45, 2.75) is 53.1 Å². The molecule has 5 nitrogen and oxygen atoms in total. The number of carbonyl (C=O) groups is 1. The van der Waals surface area contributed by atoms with Crippen molar-refractivity contribution in [3.05, 3.63) is 57.9 Å². The van der Waals surface area contributed by atoms with Crippen LogP contribution in [0.4, 0.5) is 0 Å². The molecule has 0 radical (unpaired) electrons. The quantitative estimate of drug-likeness (QED) is 0.606. The summed E-state index contributed by atoms with van der Waals surface area (Å²) in [6, 6.07) is 9.25. The molecule has 1 atom stereocenters.